The fourth-order valence-corrected chi connectivity index (χ4v) is 2.22. The summed E-state index contributed by atoms with van der Waals surface area (Å²) < 4.78 is 5.32. The number of hydrogen-bond acceptors (Lipinski definition) is 3. The second kappa shape index (κ2) is 6.68. The summed E-state index contributed by atoms with van der Waals surface area (Å²) in [5.74, 6) is 0.0965. The van der Waals surface area contributed by atoms with Crippen molar-refractivity contribution >= 4 is 5.91 Å². The SMILES string of the molecule is CCc1ccc(CN(C)C(=O)C2COCCN2)cc1. The number of rotatable bonds is 4. The highest BCUT2D eigenvalue weighted by Crippen LogP contribution is 2.08. The highest BCUT2D eigenvalue weighted by atomic mass is 16.5. The Morgan fingerprint density at radius 2 is 2.05 bits per heavy atom. The van der Waals surface area contributed by atoms with Gasteiger partial charge in [0.05, 0.1) is 13.2 Å². The van der Waals surface area contributed by atoms with Crippen molar-refractivity contribution in [3.05, 3.63) is 35.4 Å². The molecule has 1 amide bonds. The largest absolute Gasteiger partial charge is 0.378 e. The first-order valence-electron chi connectivity index (χ1n) is 6.84. The van der Waals surface area contributed by atoms with Gasteiger partial charge >= 0.3 is 0 Å². The summed E-state index contributed by atoms with van der Waals surface area (Å²) in [5.41, 5.74) is 2.48. The van der Waals surface area contributed by atoms with E-state index in [-0.39, 0.29) is 11.9 Å². The van der Waals surface area contributed by atoms with Gasteiger partial charge in [-0.05, 0) is 17.5 Å². The van der Waals surface area contributed by atoms with Crippen molar-refractivity contribution < 1.29 is 9.53 Å². The third-order valence-electron chi connectivity index (χ3n) is 3.45. The number of carbonyl (C=O) groups is 1. The van der Waals surface area contributed by atoms with Gasteiger partial charge in [-0.15, -0.1) is 0 Å². The summed E-state index contributed by atoms with van der Waals surface area (Å²) >= 11 is 0. The van der Waals surface area contributed by atoms with Crippen LogP contribution in [-0.4, -0.2) is 43.7 Å². The Morgan fingerprint density at radius 3 is 2.63 bits per heavy atom. The minimum Gasteiger partial charge on any atom is -0.378 e. The zero-order valence-corrected chi connectivity index (χ0v) is 11.7. The molecule has 1 atom stereocenters. The van der Waals surface area contributed by atoms with Crippen LogP contribution in [0.3, 0.4) is 0 Å². The van der Waals surface area contributed by atoms with Crippen molar-refractivity contribution in [2.75, 3.05) is 26.8 Å². The van der Waals surface area contributed by atoms with Crippen LogP contribution in [-0.2, 0) is 22.5 Å². The molecule has 4 heteroatoms. The summed E-state index contributed by atoms with van der Waals surface area (Å²) in [4.78, 5) is 14.0. The van der Waals surface area contributed by atoms with Gasteiger partial charge in [0.2, 0.25) is 5.91 Å². The minimum absolute atomic E-state index is 0.0965. The van der Waals surface area contributed by atoms with E-state index in [9.17, 15) is 4.79 Å². The molecule has 1 aromatic carbocycles. The highest BCUT2D eigenvalue weighted by Gasteiger charge is 2.24. The van der Waals surface area contributed by atoms with Crippen LogP contribution in [0.15, 0.2) is 24.3 Å². The second-order valence-corrected chi connectivity index (χ2v) is 4.95. The van der Waals surface area contributed by atoms with Crippen molar-refractivity contribution in [2.45, 2.75) is 25.9 Å². The summed E-state index contributed by atoms with van der Waals surface area (Å²) in [5, 5.41) is 3.19. The van der Waals surface area contributed by atoms with Crippen LogP contribution in [0.2, 0.25) is 0 Å². The summed E-state index contributed by atoms with van der Waals surface area (Å²) in [6.07, 6.45) is 1.04. The molecule has 0 spiro atoms. The molecular weight excluding hydrogens is 240 g/mol. The minimum atomic E-state index is -0.200. The number of nitrogens with one attached hydrogen (secondary N) is 1. The summed E-state index contributed by atoms with van der Waals surface area (Å²) in [7, 11) is 1.84. The maximum absolute atomic E-state index is 12.2. The molecule has 1 unspecified atom stereocenters. The maximum Gasteiger partial charge on any atom is 0.242 e. The third-order valence-corrected chi connectivity index (χ3v) is 3.45. The smallest absolute Gasteiger partial charge is 0.242 e. The number of morpholine rings is 1. The first kappa shape index (κ1) is 14.0. The molecule has 2 rings (SSSR count). The first-order chi connectivity index (χ1) is 9.20. The van der Waals surface area contributed by atoms with Crippen molar-refractivity contribution in [3.8, 4) is 0 Å². The predicted octanol–water partition coefficient (Wildman–Crippen LogP) is 1.20. The van der Waals surface area contributed by atoms with Gasteiger partial charge < -0.3 is 15.0 Å². The molecule has 104 valence electrons. The van der Waals surface area contributed by atoms with Crippen LogP contribution in [0.1, 0.15) is 18.1 Å². The van der Waals surface area contributed by atoms with E-state index in [4.69, 9.17) is 4.74 Å². The molecule has 1 fully saturated rings. The Morgan fingerprint density at radius 1 is 1.37 bits per heavy atom. The van der Waals surface area contributed by atoms with Crippen LogP contribution < -0.4 is 5.32 Å². The van der Waals surface area contributed by atoms with Gasteiger partial charge in [0, 0.05) is 20.1 Å². The molecule has 1 N–H and O–H groups in total. The summed E-state index contributed by atoms with van der Waals surface area (Å²) in [6.45, 7) is 4.68. The van der Waals surface area contributed by atoms with E-state index in [1.165, 1.54) is 5.56 Å². The Labute approximate surface area is 114 Å². The number of nitrogens with zero attached hydrogens (tertiary/aromatic N) is 1. The molecule has 4 nitrogen and oxygen atoms in total. The average molecular weight is 262 g/mol. The molecular formula is C15H22N2O2. The molecule has 19 heavy (non-hydrogen) atoms. The number of carbonyl (C=O) groups excluding carboxylic acids is 1. The molecule has 0 bridgehead atoms. The van der Waals surface area contributed by atoms with E-state index < -0.39 is 0 Å². The lowest BCUT2D eigenvalue weighted by Gasteiger charge is -2.27. The zero-order chi connectivity index (χ0) is 13.7. The highest BCUT2D eigenvalue weighted by molar-refractivity contribution is 5.81. The number of ether oxygens (including phenoxy) is 1. The van der Waals surface area contributed by atoms with Gasteiger partial charge in [0.1, 0.15) is 6.04 Å². The van der Waals surface area contributed by atoms with Gasteiger partial charge in [-0.1, -0.05) is 31.2 Å². The standard InChI is InChI=1S/C15H22N2O2/c1-3-12-4-6-13(7-5-12)10-17(2)15(18)14-11-19-9-8-16-14/h4-7,14,16H,3,8-11H2,1-2H3. The van der Waals surface area contributed by atoms with Crippen LogP contribution in [0, 0.1) is 0 Å². The zero-order valence-electron chi connectivity index (χ0n) is 11.7. The Bertz CT molecular complexity index is 411. The Kier molecular flexibility index (Phi) is 4.93. The molecule has 0 radical (unpaired) electrons. The van der Waals surface area contributed by atoms with Crippen molar-refractivity contribution in [3.63, 3.8) is 0 Å². The predicted molar refractivity (Wildman–Crippen MR) is 74.9 cm³/mol. The van der Waals surface area contributed by atoms with E-state index in [1.807, 2.05) is 7.05 Å². The lowest BCUT2D eigenvalue weighted by atomic mass is 10.1. The lowest BCUT2D eigenvalue weighted by molar-refractivity contribution is -0.135. The van der Waals surface area contributed by atoms with E-state index in [0.717, 1.165) is 18.5 Å². The number of benzene rings is 1. The molecule has 1 heterocycles. The van der Waals surface area contributed by atoms with Crippen molar-refractivity contribution in [1.82, 2.24) is 10.2 Å². The van der Waals surface area contributed by atoms with Crippen LogP contribution in [0.25, 0.3) is 0 Å². The molecule has 0 saturated carbocycles. The van der Waals surface area contributed by atoms with Crippen LogP contribution in [0.5, 0.6) is 0 Å². The Hall–Kier alpha value is -1.39. The number of hydrogen-bond donors (Lipinski definition) is 1. The van der Waals surface area contributed by atoms with E-state index in [2.05, 4.69) is 36.5 Å². The maximum atomic E-state index is 12.2. The topological polar surface area (TPSA) is 41.6 Å². The van der Waals surface area contributed by atoms with E-state index in [0.29, 0.717) is 19.8 Å². The van der Waals surface area contributed by atoms with Crippen LogP contribution in [0.4, 0.5) is 0 Å². The monoisotopic (exact) mass is 262 g/mol. The Balaban J connectivity index is 1.91. The van der Waals surface area contributed by atoms with Gasteiger partial charge in [-0.2, -0.15) is 0 Å². The van der Waals surface area contributed by atoms with Crippen LogP contribution >= 0.6 is 0 Å². The van der Waals surface area contributed by atoms with E-state index in [1.54, 1.807) is 4.90 Å². The molecule has 0 aromatic heterocycles. The average Bonchev–Trinajstić information content (AvgIpc) is 2.48. The number of aryl methyl sites for hydroxylation is 1. The van der Waals surface area contributed by atoms with Gasteiger partial charge in [0.25, 0.3) is 0 Å². The van der Waals surface area contributed by atoms with E-state index >= 15 is 0 Å². The molecule has 0 aliphatic carbocycles. The quantitative estimate of drug-likeness (QED) is 0.886. The van der Waals surface area contributed by atoms with Gasteiger partial charge in [0.15, 0.2) is 0 Å². The molecule has 1 saturated heterocycles. The normalized spacial score (nSPS) is 19.2. The number of amides is 1. The fraction of sp³-hybridized carbons (Fsp3) is 0.533. The van der Waals surface area contributed by atoms with Gasteiger partial charge in [-0.25, -0.2) is 0 Å². The molecule has 1 aromatic rings. The molecule has 1 aliphatic rings. The fourth-order valence-electron chi connectivity index (χ4n) is 2.22. The first-order valence-corrected chi connectivity index (χ1v) is 6.84. The number of likely N-dealkylation sites (N-methyl/N-ethyl adjacent to an activating group) is 1. The molecule has 1 aliphatic heterocycles. The summed E-state index contributed by atoms with van der Waals surface area (Å²) in [6, 6.07) is 8.22. The van der Waals surface area contributed by atoms with Crippen molar-refractivity contribution in [2.24, 2.45) is 0 Å². The second-order valence-electron chi connectivity index (χ2n) is 4.95. The lowest BCUT2D eigenvalue weighted by Crippen LogP contribution is -2.51. The van der Waals surface area contributed by atoms with Gasteiger partial charge in [-0.3, -0.25) is 4.79 Å². The van der Waals surface area contributed by atoms with Crippen molar-refractivity contribution in [1.29, 1.82) is 0 Å². The third kappa shape index (κ3) is 3.78.